The predicted octanol–water partition coefficient (Wildman–Crippen LogP) is -0.333. The quantitative estimate of drug-likeness (QED) is 0.445. The molecule has 3 unspecified atom stereocenters. The van der Waals surface area contributed by atoms with Crippen LogP contribution in [0.4, 0.5) is 0 Å². The fourth-order valence-corrected chi connectivity index (χ4v) is 2.00. The summed E-state index contributed by atoms with van der Waals surface area (Å²) < 4.78 is 0. The van der Waals surface area contributed by atoms with E-state index in [0.717, 1.165) is 12.8 Å². The maximum Gasteiger partial charge on any atom is 0.183 e. The van der Waals surface area contributed by atoms with Gasteiger partial charge in [-0.25, -0.2) is 0 Å². The Morgan fingerprint density at radius 2 is 2.22 bits per heavy atom. The summed E-state index contributed by atoms with van der Waals surface area (Å²) in [5.74, 6) is 0. The molecule has 48 valence electrons. The van der Waals surface area contributed by atoms with E-state index in [2.05, 4.69) is 0 Å². The molecule has 0 spiro atoms. The molecule has 2 bridgehead atoms. The van der Waals surface area contributed by atoms with Crippen LogP contribution in [0.15, 0.2) is 0 Å². The van der Waals surface area contributed by atoms with Gasteiger partial charge in [-0.2, -0.15) is 0 Å². The molecule has 0 saturated carbocycles. The first-order valence-corrected chi connectivity index (χ1v) is 3.50. The van der Waals surface area contributed by atoms with Crippen molar-refractivity contribution in [3.63, 3.8) is 0 Å². The van der Waals surface area contributed by atoms with Crippen LogP contribution >= 0.6 is 0 Å². The van der Waals surface area contributed by atoms with Crippen LogP contribution < -0.4 is 0 Å². The predicted molar refractivity (Wildman–Crippen MR) is 35.0 cm³/mol. The van der Waals surface area contributed by atoms with Gasteiger partial charge >= 0.3 is 0 Å². The molecule has 0 amide bonds. The highest BCUT2D eigenvalue weighted by atomic mass is 16.3. The summed E-state index contributed by atoms with van der Waals surface area (Å²) in [6.45, 7) is 0. The number of aliphatic hydroxyl groups excluding tert-OH is 1. The minimum absolute atomic E-state index is 0.145. The summed E-state index contributed by atoms with van der Waals surface area (Å²) in [5, 5.41) is 9.27. The SMILES string of the molecule is [B]N1C2CCC1C(O)C2. The van der Waals surface area contributed by atoms with Gasteiger partial charge in [0.05, 0.1) is 6.10 Å². The van der Waals surface area contributed by atoms with E-state index in [0.29, 0.717) is 6.04 Å². The van der Waals surface area contributed by atoms with Crippen molar-refractivity contribution in [3.8, 4) is 0 Å². The minimum atomic E-state index is -0.145. The zero-order valence-electron chi connectivity index (χ0n) is 5.33. The highest BCUT2D eigenvalue weighted by molar-refractivity contribution is 6.05. The Balaban J connectivity index is 2.16. The second-order valence-corrected chi connectivity index (χ2v) is 3.05. The van der Waals surface area contributed by atoms with Gasteiger partial charge in [-0.3, -0.25) is 0 Å². The first kappa shape index (κ1) is 5.75. The van der Waals surface area contributed by atoms with E-state index in [1.54, 1.807) is 0 Å². The minimum Gasteiger partial charge on any atom is -0.391 e. The fraction of sp³-hybridized carbons (Fsp3) is 1.00. The second-order valence-electron chi connectivity index (χ2n) is 3.05. The van der Waals surface area contributed by atoms with Crippen LogP contribution in [0.5, 0.6) is 0 Å². The van der Waals surface area contributed by atoms with Gasteiger partial charge in [0.25, 0.3) is 0 Å². The van der Waals surface area contributed by atoms with Crippen LogP contribution in [0.1, 0.15) is 19.3 Å². The van der Waals surface area contributed by atoms with Crippen LogP contribution in [0.3, 0.4) is 0 Å². The first-order valence-electron chi connectivity index (χ1n) is 3.50. The number of aliphatic hydroxyl groups is 1. The molecule has 2 heterocycles. The van der Waals surface area contributed by atoms with Gasteiger partial charge in [0.2, 0.25) is 0 Å². The Labute approximate surface area is 56.3 Å². The van der Waals surface area contributed by atoms with Gasteiger partial charge in [-0.05, 0) is 19.3 Å². The molecule has 0 aliphatic carbocycles. The summed E-state index contributed by atoms with van der Waals surface area (Å²) in [7, 11) is 5.65. The van der Waals surface area contributed by atoms with Crippen molar-refractivity contribution in [2.75, 3.05) is 0 Å². The average Bonchev–Trinajstić information content (AvgIpc) is 2.25. The molecule has 2 radical (unpaired) electrons. The highest BCUT2D eigenvalue weighted by Crippen LogP contribution is 2.35. The molecule has 2 nitrogen and oxygen atoms in total. The lowest BCUT2D eigenvalue weighted by atomic mass is 9.98. The Kier molecular flexibility index (Phi) is 1.11. The molecule has 1 N–H and O–H groups in total. The van der Waals surface area contributed by atoms with E-state index in [4.69, 9.17) is 7.98 Å². The van der Waals surface area contributed by atoms with E-state index in [1.165, 1.54) is 6.42 Å². The van der Waals surface area contributed by atoms with Crippen molar-refractivity contribution in [2.45, 2.75) is 37.5 Å². The summed E-state index contributed by atoms with van der Waals surface area (Å²) in [6, 6.07) is 0.750. The molecule has 0 aromatic rings. The number of nitrogens with zero attached hydrogens (tertiary/aromatic N) is 1. The van der Waals surface area contributed by atoms with Crippen LogP contribution in [0.25, 0.3) is 0 Å². The molecular formula is C6H10BNO. The van der Waals surface area contributed by atoms with Crippen LogP contribution in [-0.2, 0) is 0 Å². The fourth-order valence-electron chi connectivity index (χ4n) is 2.00. The summed E-state index contributed by atoms with van der Waals surface area (Å²) >= 11 is 0. The summed E-state index contributed by atoms with van der Waals surface area (Å²) in [4.78, 5) is 1.82. The van der Waals surface area contributed by atoms with Crippen molar-refractivity contribution >= 4 is 7.98 Å². The lowest BCUT2D eigenvalue weighted by Crippen LogP contribution is -2.29. The van der Waals surface area contributed by atoms with Crippen molar-refractivity contribution in [1.82, 2.24) is 4.81 Å². The number of hydrogen-bond acceptors (Lipinski definition) is 2. The zero-order valence-corrected chi connectivity index (χ0v) is 5.33. The van der Waals surface area contributed by atoms with E-state index < -0.39 is 0 Å². The van der Waals surface area contributed by atoms with Crippen LogP contribution in [0.2, 0.25) is 0 Å². The van der Waals surface area contributed by atoms with Crippen molar-refractivity contribution in [3.05, 3.63) is 0 Å². The maximum absolute atomic E-state index is 9.27. The average molecular weight is 123 g/mol. The molecule has 0 aromatic heterocycles. The van der Waals surface area contributed by atoms with Gasteiger partial charge in [0.15, 0.2) is 7.98 Å². The topological polar surface area (TPSA) is 23.5 Å². The van der Waals surface area contributed by atoms with Crippen LogP contribution in [0, 0.1) is 0 Å². The van der Waals surface area contributed by atoms with E-state index in [9.17, 15) is 5.11 Å². The summed E-state index contributed by atoms with van der Waals surface area (Å²) in [5.41, 5.74) is 0. The molecule has 0 aromatic carbocycles. The van der Waals surface area contributed by atoms with Gasteiger partial charge < -0.3 is 9.92 Å². The molecule has 3 heteroatoms. The molecule has 3 atom stereocenters. The smallest absolute Gasteiger partial charge is 0.183 e. The normalized spacial score (nSPS) is 50.6. The maximum atomic E-state index is 9.27. The summed E-state index contributed by atoms with van der Waals surface area (Å²) in [6.07, 6.45) is 3.01. The molecular weight excluding hydrogens is 113 g/mol. The number of rotatable bonds is 0. The third kappa shape index (κ3) is 0.649. The Bertz CT molecular complexity index is 130. The number of hydrogen-bond donors (Lipinski definition) is 1. The Morgan fingerprint density at radius 3 is 2.44 bits per heavy atom. The van der Waals surface area contributed by atoms with Gasteiger partial charge in [-0.1, -0.05) is 0 Å². The molecule has 9 heavy (non-hydrogen) atoms. The van der Waals surface area contributed by atoms with E-state index >= 15 is 0 Å². The molecule has 2 aliphatic heterocycles. The monoisotopic (exact) mass is 123 g/mol. The van der Waals surface area contributed by atoms with E-state index in [1.807, 2.05) is 4.81 Å². The van der Waals surface area contributed by atoms with Crippen molar-refractivity contribution in [2.24, 2.45) is 0 Å². The van der Waals surface area contributed by atoms with Crippen molar-refractivity contribution in [1.29, 1.82) is 0 Å². The van der Waals surface area contributed by atoms with Gasteiger partial charge in [0.1, 0.15) is 0 Å². The standard InChI is InChI=1S/C6H10BNO/c7-8-4-1-2-5(8)6(9)3-4/h4-6,9H,1-3H2. The molecule has 2 fully saturated rings. The van der Waals surface area contributed by atoms with E-state index in [-0.39, 0.29) is 12.1 Å². The zero-order chi connectivity index (χ0) is 6.43. The van der Waals surface area contributed by atoms with Crippen molar-refractivity contribution < 1.29 is 5.11 Å². The third-order valence-electron chi connectivity index (χ3n) is 2.56. The highest BCUT2D eigenvalue weighted by Gasteiger charge is 2.42. The van der Waals surface area contributed by atoms with Crippen LogP contribution in [-0.4, -0.2) is 36.1 Å². The van der Waals surface area contributed by atoms with Gasteiger partial charge in [0, 0.05) is 12.1 Å². The second kappa shape index (κ2) is 1.73. The number of fused-ring (bicyclic) bond motifs is 2. The third-order valence-corrected chi connectivity index (χ3v) is 2.56. The Hall–Kier alpha value is -0.0151. The lowest BCUT2D eigenvalue weighted by Gasteiger charge is -2.15. The largest absolute Gasteiger partial charge is 0.391 e. The lowest BCUT2D eigenvalue weighted by molar-refractivity contribution is 0.137. The molecule has 2 rings (SSSR count). The first-order chi connectivity index (χ1) is 4.29. The Morgan fingerprint density at radius 1 is 1.44 bits per heavy atom. The van der Waals surface area contributed by atoms with Gasteiger partial charge in [-0.15, -0.1) is 0 Å². The molecule has 2 aliphatic rings. The molecule has 2 saturated heterocycles.